The van der Waals surface area contributed by atoms with Gasteiger partial charge in [0.25, 0.3) is 0 Å². The van der Waals surface area contributed by atoms with E-state index < -0.39 is 0 Å². The highest BCUT2D eigenvalue weighted by Gasteiger charge is 2.25. The summed E-state index contributed by atoms with van der Waals surface area (Å²) in [4.78, 5) is 10.1. The summed E-state index contributed by atoms with van der Waals surface area (Å²) in [5.41, 5.74) is 13.9. The molecule has 0 bridgehead atoms. The zero-order valence-corrected chi connectivity index (χ0v) is 28.0. The van der Waals surface area contributed by atoms with Crippen molar-refractivity contribution in [2.24, 2.45) is 0 Å². The molecule has 1 aliphatic rings. The van der Waals surface area contributed by atoms with Gasteiger partial charge in [0.05, 0.1) is 22.1 Å². The Balaban J connectivity index is 1.12. The van der Waals surface area contributed by atoms with Gasteiger partial charge < -0.3 is 4.57 Å². The maximum absolute atomic E-state index is 5.29. The molecule has 4 aromatic heterocycles. The van der Waals surface area contributed by atoms with Gasteiger partial charge in [-0.1, -0.05) is 109 Å². The predicted octanol–water partition coefficient (Wildman–Crippen LogP) is 12.3. The van der Waals surface area contributed by atoms with Crippen LogP contribution in [0.25, 0.3) is 110 Å². The van der Waals surface area contributed by atoms with E-state index in [0.29, 0.717) is 0 Å². The van der Waals surface area contributed by atoms with E-state index in [0.717, 1.165) is 27.9 Å². The standard InChI is InChI=1S/C48H28N4/c1-2-11-32(12-3-1)51-42-17-9-8-16-36(42)39-26-30(19-22-43(39)51)31-20-23-44-40(27-31)38-21-18-29-10-4-5-13-33(29)47(38)52(44)45-28-41-35-15-7-6-14-34(35)37-24-25-49-48(50-45)46(37)41/h1-28H. The molecule has 1 aliphatic carbocycles. The third-order valence-corrected chi connectivity index (χ3v) is 11.1. The van der Waals surface area contributed by atoms with Gasteiger partial charge in [-0.15, -0.1) is 0 Å². The lowest BCUT2D eigenvalue weighted by Crippen LogP contribution is -2.00. The van der Waals surface area contributed by atoms with Gasteiger partial charge in [-0.2, -0.15) is 0 Å². The number of pyridine rings is 2. The number of rotatable bonds is 3. The minimum Gasteiger partial charge on any atom is -0.309 e. The first-order valence-electron chi connectivity index (χ1n) is 17.7. The molecule has 0 saturated heterocycles. The molecule has 0 N–H and O–H groups in total. The second-order valence-corrected chi connectivity index (χ2v) is 13.8. The summed E-state index contributed by atoms with van der Waals surface area (Å²) in [6.07, 6.45) is 1.89. The van der Waals surface area contributed by atoms with Crippen LogP contribution in [0.3, 0.4) is 0 Å². The molecule has 0 amide bonds. The van der Waals surface area contributed by atoms with Crippen LogP contribution < -0.4 is 0 Å². The van der Waals surface area contributed by atoms with E-state index >= 15 is 0 Å². The molecule has 240 valence electrons. The third-order valence-electron chi connectivity index (χ3n) is 11.1. The van der Waals surface area contributed by atoms with Crippen LogP contribution in [0.1, 0.15) is 0 Å². The predicted molar refractivity (Wildman–Crippen MR) is 216 cm³/mol. The second kappa shape index (κ2) is 10.3. The van der Waals surface area contributed by atoms with Crippen LogP contribution in [0, 0.1) is 0 Å². The molecule has 12 rings (SSSR count). The molecule has 52 heavy (non-hydrogen) atoms. The molecule has 4 nitrogen and oxygen atoms in total. The van der Waals surface area contributed by atoms with E-state index in [1.165, 1.54) is 82.4 Å². The van der Waals surface area contributed by atoms with Gasteiger partial charge in [-0.05, 0) is 93.4 Å². The molecule has 0 unspecified atom stereocenters. The summed E-state index contributed by atoms with van der Waals surface area (Å²) in [6, 6.07) is 59.4. The van der Waals surface area contributed by atoms with E-state index in [2.05, 4.69) is 173 Å². The SMILES string of the molecule is c1ccc(-n2c3ccccc3c3cc(-c4ccc5c(c4)c4ccc6ccccc6c4n5-c4cc5c6c(ccnc6n4)-c4ccccc4-5)ccc32)cc1. The van der Waals surface area contributed by atoms with Crippen LogP contribution in [-0.4, -0.2) is 19.1 Å². The molecule has 0 spiro atoms. The molecule has 0 atom stereocenters. The molecule has 4 heteroatoms. The van der Waals surface area contributed by atoms with Crippen molar-refractivity contribution >= 4 is 65.4 Å². The maximum Gasteiger partial charge on any atom is 0.162 e. The van der Waals surface area contributed by atoms with Gasteiger partial charge in [0.1, 0.15) is 5.82 Å². The molecule has 0 radical (unpaired) electrons. The maximum atomic E-state index is 5.29. The number of para-hydroxylation sites is 2. The zero-order chi connectivity index (χ0) is 33.9. The quantitative estimate of drug-likeness (QED) is 0.189. The van der Waals surface area contributed by atoms with Crippen LogP contribution in [0.4, 0.5) is 0 Å². The van der Waals surface area contributed by atoms with Crippen LogP contribution in [-0.2, 0) is 0 Å². The highest BCUT2D eigenvalue weighted by atomic mass is 15.1. The van der Waals surface area contributed by atoms with Crippen molar-refractivity contribution in [1.29, 1.82) is 0 Å². The van der Waals surface area contributed by atoms with Gasteiger partial charge in [-0.25, -0.2) is 9.97 Å². The molecule has 0 fully saturated rings. The van der Waals surface area contributed by atoms with Crippen molar-refractivity contribution in [3.63, 3.8) is 0 Å². The number of benzene rings is 7. The normalized spacial score (nSPS) is 12.2. The summed E-state index contributed by atoms with van der Waals surface area (Å²) < 4.78 is 4.73. The lowest BCUT2D eigenvalue weighted by atomic mass is 10.00. The average molecular weight is 661 g/mol. The van der Waals surface area contributed by atoms with E-state index in [9.17, 15) is 0 Å². The Kier molecular flexibility index (Phi) is 5.47. The van der Waals surface area contributed by atoms with E-state index in [4.69, 9.17) is 9.97 Å². The topological polar surface area (TPSA) is 35.6 Å². The van der Waals surface area contributed by atoms with Crippen molar-refractivity contribution in [1.82, 2.24) is 19.1 Å². The highest BCUT2D eigenvalue weighted by Crippen LogP contribution is 2.47. The molecule has 7 aromatic carbocycles. The Hall–Kier alpha value is -7.04. The first kappa shape index (κ1) is 27.7. The van der Waals surface area contributed by atoms with E-state index in [1.54, 1.807) is 0 Å². The molecule has 0 aliphatic heterocycles. The van der Waals surface area contributed by atoms with Crippen LogP contribution >= 0.6 is 0 Å². The number of aromatic nitrogens is 4. The molecular weight excluding hydrogens is 633 g/mol. The number of nitrogens with zero attached hydrogens (tertiary/aromatic N) is 4. The summed E-state index contributed by atoms with van der Waals surface area (Å²) in [5.74, 6) is 0.878. The Labute approximate surface area is 298 Å². The van der Waals surface area contributed by atoms with Crippen molar-refractivity contribution in [2.45, 2.75) is 0 Å². The monoisotopic (exact) mass is 660 g/mol. The fourth-order valence-corrected chi connectivity index (χ4v) is 8.85. The van der Waals surface area contributed by atoms with E-state index in [1.807, 2.05) is 6.20 Å². The summed E-state index contributed by atoms with van der Waals surface area (Å²) in [6.45, 7) is 0. The van der Waals surface area contributed by atoms with Crippen molar-refractivity contribution in [2.75, 3.05) is 0 Å². The third kappa shape index (κ3) is 3.70. The first-order valence-corrected chi connectivity index (χ1v) is 17.7. The smallest absolute Gasteiger partial charge is 0.162 e. The number of hydrogen-bond acceptors (Lipinski definition) is 2. The van der Waals surface area contributed by atoms with Crippen molar-refractivity contribution < 1.29 is 0 Å². The van der Waals surface area contributed by atoms with Crippen molar-refractivity contribution in [3.8, 4) is 44.9 Å². The Morgan fingerprint density at radius 3 is 1.88 bits per heavy atom. The van der Waals surface area contributed by atoms with Gasteiger partial charge in [-0.3, -0.25) is 4.57 Å². The first-order chi connectivity index (χ1) is 25.8. The highest BCUT2D eigenvalue weighted by molar-refractivity contribution is 6.20. The van der Waals surface area contributed by atoms with Crippen molar-refractivity contribution in [3.05, 3.63) is 170 Å². The lowest BCUT2D eigenvalue weighted by Gasteiger charge is -2.12. The largest absolute Gasteiger partial charge is 0.309 e. The van der Waals surface area contributed by atoms with Crippen LogP contribution in [0.5, 0.6) is 0 Å². The fraction of sp³-hybridized carbons (Fsp3) is 0. The Morgan fingerprint density at radius 2 is 1.06 bits per heavy atom. The molecule has 4 heterocycles. The number of hydrogen-bond donors (Lipinski definition) is 0. The van der Waals surface area contributed by atoms with Gasteiger partial charge in [0, 0.05) is 44.2 Å². The van der Waals surface area contributed by atoms with Gasteiger partial charge in [0.2, 0.25) is 0 Å². The number of fused-ring (bicyclic) bond motifs is 11. The second-order valence-electron chi connectivity index (χ2n) is 13.8. The molecule has 0 saturated carbocycles. The minimum atomic E-state index is 0.774. The van der Waals surface area contributed by atoms with Crippen LogP contribution in [0.15, 0.2) is 170 Å². The molecular formula is C48H28N4. The summed E-state index contributed by atoms with van der Waals surface area (Å²) in [7, 11) is 0. The molecule has 11 aromatic rings. The van der Waals surface area contributed by atoms with Gasteiger partial charge in [0.15, 0.2) is 5.65 Å². The summed E-state index contributed by atoms with van der Waals surface area (Å²) in [5, 5.41) is 8.44. The zero-order valence-electron chi connectivity index (χ0n) is 28.0. The lowest BCUT2D eigenvalue weighted by molar-refractivity contribution is 1.09. The summed E-state index contributed by atoms with van der Waals surface area (Å²) >= 11 is 0. The van der Waals surface area contributed by atoms with Crippen LogP contribution in [0.2, 0.25) is 0 Å². The minimum absolute atomic E-state index is 0.774. The fourth-order valence-electron chi connectivity index (χ4n) is 8.85. The Bertz CT molecular complexity index is 3290. The van der Waals surface area contributed by atoms with E-state index in [-0.39, 0.29) is 0 Å². The van der Waals surface area contributed by atoms with Gasteiger partial charge >= 0.3 is 0 Å². The average Bonchev–Trinajstić information content (AvgIpc) is 3.84. The Morgan fingerprint density at radius 1 is 0.404 bits per heavy atom.